The number of hydrogen-bond acceptors (Lipinski definition) is 2. The first-order valence-electron chi connectivity index (χ1n) is 4.82. The summed E-state index contributed by atoms with van der Waals surface area (Å²) in [6.07, 6.45) is 0. The van der Waals surface area contributed by atoms with E-state index in [4.69, 9.17) is 0 Å². The van der Waals surface area contributed by atoms with E-state index in [9.17, 15) is 9.59 Å². The highest BCUT2D eigenvalue weighted by molar-refractivity contribution is 5.96. The van der Waals surface area contributed by atoms with E-state index >= 15 is 0 Å². The first-order chi connectivity index (χ1) is 6.25. The number of piperazine rings is 1. The third kappa shape index (κ3) is 1.74. The smallest absolute Gasteiger partial charge is 0.246 e. The predicted molar refractivity (Wildman–Crippen MR) is 53.6 cm³/mol. The Labute approximate surface area is 84.7 Å². The van der Waals surface area contributed by atoms with Crippen LogP contribution in [0.2, 0.25) is 0 Å². The molecule has 1 aliphatic rings. The molecule has 0 bridgehead atoms. The lowest BCUT2D eigenvalue weighted by atomic mass is 9.84. The monoisotopic (exact) mass is 198 g/mol. The van der Waals surface area contributed by atoms with Crippen LogP contribution in [0.4, 0.5) is 0 Å². The highest BCUT2D eigenvalue weighted by Crippen LogP contribution is 2.24. The molecule has 0 aromatic carbocycles. The number of rotatable bonds is 0. The Balaban J connectivity index is 2.92. The van der Waals surface area contributed by atoms with Crippen LogP contribution in [0, 0.1) is 5.41 Å². The van der Waals surface area contributed by atoms with Crippen molar-refractivity contribution in [3.63, 3.8) is 0 Å². The molecule has 2 amide bonds. The van der Waals surface area contributed by atoms with Gasteiger partial charge in [0.25, 0.3) is 0 Å². The van der Waals surface area contributed by atoms with E-state index in [0.29, 0.717) is 0 Å². The van der Waals surface area contributed by atoms with Crippen LogP contribution < -0.4 is 5.32 Å². The van der Waals surface area contributed by atoms with Gasteiger partial charge >= 0.3 is 0 Å². The van der Waals surface area contributed by atoms with Crippen LogP contribution in [0.15, 0.2) is 0 Å². The van der Waals surface area contributed by atoms with Gasteiger partial charge in [-0.3, -0.25) is 9.59 Å². The molecule has 0 aromatic heterocycles. The van der Waals surface area contributed by atoms with E-state index in [2.05, 4.69) is 5.32 Å². The SMILES string of the molecule is CC1C(=O)NC(C(C)(C)C)C(=O)N1C. The normalized spacial score (nSPS) is 29.1. The number of likely N-dealkylation sites (N-methyl/N-ethyl adjacent to an activating group) is 1. The first-order valence-corrected chi connectivity index (χ1v) is 4.82. The van der Waals surface area contributed by atoms with Crippen LogP contribution in [-0.2, 0) is 9.59 Å². The number of nitrogens with zero attached hydrogens (tertiary/aromatic N) is 1. The zero-order valence-corrected chi connectivity index (χ0v) is 9.42. The van der Waals surface area contributed by atoms with Crippen molar-refractivity contribution >= 4 is 11.8 Å². The summed E-state index contributed by atoms with van der Waals surface area (Å²) in [4.78, 5) is 24.8. The second-order valence-electron chi connectivity index (χ2n) is 4.93. The molecule has 0 spiro atoms. The molecule has 1 heterocycles. The lowest BCUT2D eigenvalue weighted by Crippen LogP contribution is -2.64. The number of nitrogens with one attached hydrogen (secondary N) is 1. The van der Waals surface area contributed by atoms with Gasteiger partial charge in [0.05, 0.1) is 0 Å². The molecule has 2 unspecified atom stereocenters. The van der Waals surface area contributed by atoms with Gasteiger partial charge in [0.15, 0.2) is 0 Å². The Morgan fingerprint density at radius 1 is 1.29 bits per heavy atom. The van der Waals surface area contributed by atoms with Gasteiger partial charge in [0.2, 0.25) is 11.8 Å². The maximum Gasteiger partial charge on any atom is 0.246 e. The van der Waals surface area contributed by atoms with Crippen molar-refractivity contribution in [1.82, 2.24) is 10.2 Å². The molecule has 4 heteroatoms. The summed E-state index contributed by atoms with van der Waals surface area (Å²) in [6.45, 7) is 7.56. The van der Waals surface area contributed by atoms with E-state index in [1.807, 2.05) is 20.8 Å². The average Bonchev–Trinajstić information content (AvgIpc) is 2.06. The molecule has 1 aliphatic heterocycles. The molecule has 0 aromatic rings. The second kappa shape index (κ2) is 3.26. The zero-order valence-electron chi connectivity index (χ0n) is 9.42. The van der Waals surface area contributed by atoms with Crippen molar-refractivity contribution in [3.8, 4) is 0 Å². The van der Waals surface area contributed by atoms with Crippen LogP contribution in [-0.4, -0.2) is 35.8 Å². The molecule has 0 saturated carbocycles. The summed E-state index contributed by atoms with van der Waals surface area (Å²) in [5.74, 6) is -0.0865. The molecule has 1 rings (SSSR count). The molecule has 0 radical (unpaired) electrons. The van der Waals surface area contributed by atoms with Crippen LogP contribution in [0.3, 0.4) is 0 Å². The summed E-state index contributed by atoms with van der Waals surface area (Å²) in [5.41, 5.74) is -0.235. The first kappa shape index (κ1) is 11.0. The largest absolute Gasteiger partial charge is 0.342 e. The molecule has 2 atom stereocenters. The average molecular weight is 198 g/mol. The third-order valence-electron chi connectivity index (χ3n) is 2.71. The summed E-state index contributed by atoms with van der Waals surface area (Å²) < 4.78 is 0. The van der Waals surface area contributed by atoms with Crippen molar-refractivity contribution < 1.29 is 9.59 Å². The number of carbonyl (C=O) groups is 2. The maximum absolute atomic E-state index is 11.8. The number of carbonyl (C=O) groups excluding carboxylic acids is 2. The maximum atomic E-state index is 11.8. The Kier molecular flexibility index (Phi) is 2.56. The fourth-order valence-electron chi connectivity index (χ4n) is 1.48. The van der Waals surface area contributed by atoms with Gasteiger partial charge in [0.1, 0.15) is 12.1 Å². The van der Waals surface area contributed by atoms with Crippen LogP contribution >= 0.6 is 0 Å². The fraction of sp³-hybridized carbons (Fsp3) is 0.800. The van der Waals surface area contributed by atoms with E-state index in [-0.39, 0.29) is 23.3 Å². The van der Waals surface area contributed by atoms with Gasteiger partial charge in [-0.25, -0.2) is 0 Å². The van der Waals surface area contributed by atoms with Crippen LogP contribution in [0.1, 0.15) is 27.7 Å². The summed E-state index contributed by atoms with van der Waals surface area (Å²) in [6, 6.07) is -0.766. The van der Waals surface area contributed by atoms with E-state index in [0.717, 1.165) is 0 Å². The quantitative estimate of drug-likeness (QED) is 0.611. The minimum absolute atomic E-state index is 0.00963. The van der Waals surface area contributed by atoms with Gasteiger partial charge in [-0.15, -0.1) is 0 Å². The van der Waals surface area contributed by atoms with Gasteiger partial charge in [-0.2, -0.15) is 0 Å². The van der Waals surface area contributed by atoms with Gasteiger partial charge < -0.3 is 10.2 Å². The van der Waals surface area contributed by atoms with E-state index in [1.165, 1.54) is 4.90 Å². The molecule has 0 aliphatic carbocycles. The highest BCUT2D eigenvalue weighted by atomic mass is 16.2. The molecular weight excluding hydrogens is 180 g/mol. The summed E-state index contributed by atoms with van der Waals surface area (Å²) in [7, 11) is 1.67. The standard InChI is InChI=1S/C10H18N2O2/c1-6-8(13)11-7(10(2,3)4)9(14)12(6)5/h6-7H,1-5H3,(H,11,13). The topological polar surface area (TPSA) is 49.4 Å². The predicted octanol–water partition coefficient (Wildman–Crippen LogP) is 0.378. The minimum Gasteiger partial charge on any atom is -0.342 e. The highest BCUT2D eigenvalue weighted by Gasteiger charge is 2.41. The Bertz CT molecular complexity index is 268. The lowest BCUT2D eigenvalue weighted by Gasteiger charge is -2.40. The molecule has 1 N–H and O–H groups in total. The number of amides is 2. The van der Waals surface area contributed by atoms with E-state index in [1.54, 1.807) is 14.0 Å². The van der Waals surface area contributed by atoms with Crippen molar-refractivity contribution in [1.29, 1.82) is 0 Å². The Hall–Kier alpha value is -1.06. The Morgan fingerprint density at radius 2 is 1.79 bits per heavy atom. The molecule has 4 nitrogen and oxygen atoms in total. The molecular formula is C10H18N2O2. The summed E-state index contributed by atoms with van der Waals surface area (Å²) in [5, 5.41) is 2.76. The number of hydrogen-bond donors (Lipinski definition) is 1. The second-order valence-corrected chi connectivity index (χ2v) is 4.93. The molecule has 1 fully saturated rings. The van der Waals surface area contributed by atoms with Crippen molar-refractivity contribution in [2.75, 3.05) is 7.05 Å². The van der Waals surface area contributed by atoms with Crippen molar-refractivity contribution in [2.45, 2.75) is 39.8 Å². The molecule has 14 heavy (non-hydrogen) atoms. The Morgan fingerprint density at radius 3 is 2.21 bits per heavy atom. The van der Waals surface area contributed by atoms with E-state index < -0.39 is 6.04 Å². The summed E-state index contributed by atoms with van der Waals surface area (Å²) >= 11 is 0. The van der Waals surface area contributed by atoms with Gasteiger partial charge in [-0.05, 0) is 12.3 Å². The fourth-order valence-corrected chi connectivity index (χ4v) is 1.48. The third-order valence-corrected chi connectivity index (χ3v) is 2.71. The van der Waals surface area contributed by atoms with Crippen molar-refractivity contribution in [2.24, 2.45) is 5.41 Å². The van der Waals surface area contributed by atoms with Gasteiger partial charge in [0, 0.05) is 7.05 Å². The molecule has 80 valence electrons. The zero-order chi connectivity index (χ0) is 11.1. The van der Waals surface area contributed by atoms with Crippen molar-refractivity contribution in [3.05, 3.63) is 0 Å². The minimum atomic E-state index is -0.406. The van der Waals surface area contributed by atoms with Crippen LogP contribution in [0.5, 0.6) is 0 Å². The van der Waals surface area contributed by atoms with Gasteiger partial charge in [-0.1, -0.05) is 20.8 Å². The van der Waals surface area contributed by atoms with Crippen LogP contribution in [0.25, 0.3) is 0 Å². The lowest BCUT2D eigenvalue weighted by molar-refractivity contribution is -0.149. The molecule has 1 saturated heterocycles.